The van der Waals surface area contributed by atoms with Gasteiger partial charge in [0, 0.05) is 37.1 Å². The number of rotatable bonds is 4. The number of carbonyl (C=O) groups excluding carboxylic acids is 1. The maximum absolute atomic E-state index is 13.8. The lowest BCUT2D eigenvalue weighted by molar-refractivity contribution is -0.147. The minimum atomic E-state index is -0.945. The lowest BCUT2D eigenvalue weighted by atomic mass is 10.1. The fourth-order valence-corrected chi connectivity index (χ4v) is 3.28. The van der Waals surface area contributed by atoms with Crippen molar-refractivity contribution in [2.75, 3.05) is 20.2 Å². The number of ether oxygens (including phenoxy) is 1. The van der Waals surface area contributed by atoms with Gasteiger partial charge in [-0.05, 0) is 25.1 Å². The van der Waals surface area contributed by atoms with Crippen molar-refractivity contribution >= 4 is 5.91 Å². The van der Waals surface area contributed by atoms with Crippen molar-refractivity contribution in [2.45, 2.75) is 19.6 Å². The van der Waals surface area contributed by atoms with Gasteiger partial charge in [-0.15, -0.1) is 0 Å². The first kappa shape index (κ1) is 19.1. The predicted molar refractivity (Wildman–Crippen MR) is 101 cm³/mol. The van der Waals surface area contributed by atoms with Crippen LogP contribution in [0.3, 0.4) is 0 Å². The number of amides is 1. The van der Waals surface area contributed by atoms with E-state index in [0.717, 1.165) is 12.1 Å². The van der Waals surface area contributed by atoms with Gasteiger partial charge in [0.05, 0.1) is 30.4 Å². The van der Waals surface area contributed by atoms with Gasteiger partial charge in [-0.25, -0.2) is 23.7 Å². The molecule has 3 heterocycles. The summed E-state index contributed by atoms with van der Waals surface area (Å²) in [5.41, 5.74) is 2.28. The van der Waals surface area contributed by atoms with E-state index < -0.39 is 11.6 Å². The van der Waals surface area contributed by atoms with Crippen LogP contribution < -0.4 is 0 Å². The van der Waals surface area contributed by atoms with Gasteiger partial charge in [0.15, 0.2) is 11.6 Å². The molecule has 1 aliphatic rings. The van der Waals surface area contributed by atoms with E-state index in [4.69, 9.17) is 4.74 Å². The second-order valence-electron chi connectivity index (χ2n) is 6.95. The van der Waals surface area contributed by atoms with E-state index in [1.807, 2.05) is 4.57 Å². The molecule has 0 N–H and O–H groups in total. The van der Waals surface area contributed by atoms with Crippen molar-refractivity contribution < 1.29 is 18.3 Å². The largest absolute Gasteiger partial charge is 0.365 e. The van der Waals surface area contributed by atoms with Crippen molar-refractivity contribution in [3.8, 4) is 22.5 Å². The molecular formula is C20H19F2N5O2. The van der Waals surface area contributed by atoms with Crippen LogP contribution >= 0.6 is 0 Å². The Morgan fingerprint density at radius 2 is 1.90 bits per heavy atom. The first-order valence-electron chi connectivity index (χ1n) is 9.07. The van der Waals surface area contributed by atoms with Crippen LogP contribution in [-0.2, 0) is 16.1 Å². The van der Waals surface area contributed by atoms with Crippen LogP contribution in [0.1, 0.15) is 5.82 Å². The van der Waals surface area contributed by atoms with Gasteiger partial charge >= 0.3 is 0 Å². The number of hydrogen-bond acceptors (Lipinski definition) is 5. The number of likely N-dealkylation sites (N-methyl/N-ethyl adjacent to an activating group) is 1. The number of aryl methyl sites for hydroxylation is 1. The zero-order valence-corrected chi connectivity index (χ0v) is 16.0. The highest BCUT2D eigenvalue weighted by molar-refractivity contribution is 5.78. The molecule has 29 heavy (non-hydrogen) atoms. The fraction of sp³-hybridized carbons (Fsp3) is 0.300. The monoisotopic (exact) mass is 399 g/mol. The molecule has 3 aromatic rings. The second-order valence-corrected chi connectivity index (χ2v) is 6.95. The first-order chi connectivity index (χ1) is 13.9. The average molecular weight is 399 g/mol. The molecule has 4 rings (SSSR count). The highest BCUT2D eigenvalue weighted by atomic mass is 19.2. The van der Waals surface area contributed by atoms with Crippen molar-refractivity contribution in [3.63, 3.8) is 0 Å². The zero-order valence-electron chi connectivity index (χ0n) is 16.0. The Kier molecular flexibility index (Phi) is 5.06. The molecule has 1 atom stereocenters. The lowest BCUT2D eigenvalue weighted by Crippen LogP contribution is -2.45. The van der Waals surface area contributed by atoms with Crippen LogP contribution in [0.2, 0.25) is 0 Å². The molecule has 1 unspecified atom stereocenters. The minimum Gasteiger partial charge on any atom is -0.365 e. The van der Waals surface area contributed by atoms with Gasteiger partial charge in [-0.1, -0.05) is 0 Å². The highest BCUT2D eigenvalue weighted by Crippen LogP contribution is 2.32. The van der Waals surface area contributed by atoms with Crippen molar-refractivity contribution in [2.24, 2.45) is 0 Å². The van der Waals surface area contributed by atoms with E-state index in [1.54, 1.807) is 37.6 Å². The van der Waals surface area contributed by atoms with Crippen LogP contribution in [0.25, 0.3) is 22.5 Å². The van der Waals surface area contributed by atoms with Gasteiger partial charge in [0.2, 0.25) is 5.91 Å². The Morgan fingerprint density at radius 1 is 1.14 bits per heavy atom. The number of imidazole rings is 1. The topological polar surface area (TPSA) is 73.1 Å². The molecule has 0 radical (unpaired) electrons. The smallest absolute Gasteiger partial charge is 0.248 e. The summed E-state index contributed by atoms with van der Waals surface area (Å²) in [5.74, 6) is -1.32. The fourth-order valence-electron chi connectivity index (χ4n) is 3.28. The summed E-state index contributed by atoms with van der Waals surface area (Å²) in [6.07, 6.45) is 4.72. The van der Waals surface area contributed by atoms with E-state index in [-0.39, 0.29) is 18.6 Å². The molecule has 1 fully saturated rings. The third kappa shape index (κ3) is 3.86. The Hall–Kier alpha value is -3.20. The van der Waals surface area contributed by atoms with Crippen molar-refractivity contribution in [3.05, 3.63) is 54.4 Å². The molecular weight excluding hydrogens is 380 g/mol. The van der Waals surface area contributed by atoms with Crippen molar-refractivity contribution in [1.29, 1.82) is 0 Å². The SMILES string of the molecule is Cc1ncc(-c2c(-c3ccc(F)c(F)c3)ncn2CC2CN(C)C(=O)CO2)cn1. The van der Waals surface area contributed by atoms with Gasteiger partial charge in [0.25, 0.3) is 0 Å². The van der Waals surface area contributed by atoms with E-state index in [1.165, 1.54) is 6.07 Å². The summed E-state index contributed by atoms with van der Waals surface area (Å²) < 4.78 is 34.7. The van der Waals surface area contributed by atoms with Crippen molar-refractivity contribution in [1.82, 2.24) is 24.4 Å². The molecule has 1 aliphatic heterocycles. The second kappa shape index (κ2) is 7.67. The number of benzene rings is 1. The summed E-state index contributed by atoms with van der Waals surface area (Å²) >= 11 is 0. The number of aromatic nitrogens is 4. The van der Waals surface area contributed by atoms with Crippen LogP contribution in [-0.4, -0.2) is 56.6 Å². The van der Waals surface area contributed by atoms with E-state index in [9.17, 15) is 13.6 Å². The molecule has 1 aromatic carbocycles. The summed E-state index contributed by atoms with van der Waals surface area (Å²) in [4.78, 5) is 26.2. The Labute approximate surface area is 166 Å². The van der Waals surface area contributed by atoms with Gasteiger partial charge in [0.1, 0.15) is 12.4 Å². The quantitative estimate of drug-likeness (QED) is 0.674. The number of nitrogens with zero attached hydrogens (tertiary/aromatic N) is 5. The lowest BCUT2D eigenvalue weighted by Gasteiger charge is -2.30. The van der Waals surface area contributed by atoms with Gasteiger partial charge in [-0.2, -0.15) is 0 Å². The van der Waals surface area contributed by atoms with E-state index in [0.29, 0.717) is 41.4 Å². The molecule has 2 aromatic heterocycles. The maximum Gasteiger partial charge on any atom is 0.248 e. The summed E-state index contributed by atoms with van der Waals surface area (Å²) in [5, 5.41) is 0. The molecule has 7 nitrogen and oxygen atoms in total. The van der Waals surface area contributed by atoms with Crippen LogP contribution in [0.5, 0.6) is 0 Å². The number of hydrogen-bond donors (Lipinski definition) is 0. The highest BCUT2D eigenvalue weighted by Gasteiger charge is 2.26. The Bertz CT molecular complexity index is 1050. The Balaban J connectivity index is 1.75. The van der Waals surface area contributed by atoms with Crippen LogP contribution in [0.15, 0.2) is 36.9 Å². The molecule has 1 amide bonds. The Morgan fingerprint density at radius 3 is 2.59 bits per heavy atom. The number of halogens is 2. The minimum absolute atomic E-state index is 0.0227. The third-order valence-electron chi connectivity index (χ3n) is 4.83. The molecule has 0 bridgehead atoms. The van der Waals surface area contributed by atoms with E-state index in [2.05, 4.69) is 15.0 Å². The van der Waals surface area contributed by atoms with Gasteiger partial charge in [-0.3, -0.25) is 4.79 Å². The molecule has 0 saturated carbocycles. The molecule has 150 valence electrons. The summed E-state index contributed by atoms with van der Waals surface area (Å²) in [7, 11) is 1.73. The average Bonchev–Trinajstić information content (AvgIpc) is 3.11. The standard InChI is InChI=1S/C20H19F2N5O2/c1-12-23-6-14(7-24-12)20-19(13-3-4-16(21)17(22)5-13)25-11-27(20)9-15-8-26(2)18(28)10-29-15/h3-7,11,15H,8-10H2,1-2H3. The zero-order chi connectivity index (χ0) is 20.5. The normalized spacial score (nSPS) is 17.0. The maximum atomic E-state index is 13.8. The number of morpholine rings is 1. The number of carbonyl (C=O) groups is 1. The van der Waals surface area contributed by atoms with Crippen LogP contribution in [0.4, 0.5) is 8.78 Å². The molecule has 1 saturated heterocycles. The summed E-state index contributed by atoms with van der Waals surface area (Å²) in [6, 6.07) is 3.67. The third-order valence-corrected chi connectivity index (χ3v) is 4.83. The first-order valence-corrected chi connectivity index (χ1v) is 9.07. The summed E-state index contributed by atoms with van der Waals surface area (Å²) in [6.45, 7) is 2.67. The predicted octanol–water partition coefficient (Wildman–Crippen LogP) is 2.45. The van der Waals surface area contributed by atoms with E-state index >= 15 is 0 Å². The molecule has 0 aliphatic carbocycles. The van der Waals surface area contributed by atoms with Crippen LogP contribution in [0, 0.1) is 18.6 Å². The molecule has 0 spiro atoms. The molecule has 9 heteroatoms. The van der Waals surface area contributed by atoms with Gasteiger partial charge < -0.3 is 14.2 Å².